The van der Waals surface area contributed by atoms with Crippen molar-refractivity contribution in [3.63, 3.8) is 0 Å². The molecule has 0 radical (unpaired) electrons. The van der Waals surface area contributed by atoms with Gasteiger partial charge in [0, 0.05) is 5.41 Å². The first-order valence-electron chi connectivity index (χ1n) is 6.64. The van der Waals surface area contributed by atoms with Crippen molar-refractivity contribution in [2.45, 2.75) is 52.0 Å². The van der Waals surface area contributed by atoms with E-state index in [9.17, 15) is 4.79 Å². The summed E-state index contributed by atoms with van der Waals surface area (Å²) in [5.41, 5.74) is 0.790. The standard InChI is InChI=1S/C16H23BrO2/c1-11(2)19-13-8-6-7-12(9-13)10-14(17)15(18)16(3,4)5/h6-9,11,14H,10H2,1-5H3. The molecule has 1 rings (SSSR count). The predicted octanol–water partition coefficient (Wildman–Crippen LogP) is 4.40. The second-order valence-electron chi connectivity index (χ2n) is 6.10. The molecule has 1 atom stereocenters. The summed E-state index contributed by atoms with van der Waals surface area (Å²) in [6, 6.07) is 7.94. The van der Waals surface area contributed by atoms with Crippen LogP contribution >= 0.6 is 15.9 Å². The van der Waals surface area contributed by atoms with Gasteiger partial charge >= 0.3 is 0 Å². The quantitative estimate of drug-likeness (QED) is 0.750. The minimum Gasteiger partial charge on any atom is -0.491 e. The van der Waals surface area contributed by atoms with Crippen molar-refractivity contribution in [2.75, 3.05) is 0 Å². The molecule has 0 aliphatic carbocycles. The topological polar surface area (TPSA) is 26.3 Å². The Morgan fingerprint density at radius 1 is 1.32 bits per heavy atom. The van der Waals surface area contributed by atoms with Crippen LogP contribution in [0.15, 0.2) is 24.3 Å². The highest BCUT2D eigenvalue weighted by Gasteiger charge is 2.27. The molecule has 0 spiro atoms. The van der Waals surface area contributed by atoms with Crippen molar-refractivity contribution in [3.05, 3.63) is 29.8 Å². The molecule has 19 heavy (non-hydrogen) atoms. The van der Waals surface area contributed by atoms with Crippen LogP contribution in [0.4, 0.5) is 0 Å². The van der Waals surface area contributed by atoms with Crippen molar-refractivity contribution in [2.24, 2.45) is 5.41 Å². The number of alkyl halides is 1. The highest BCUT2D eigenvalue weighted by molar-refractivity contribution is 9.10. The molecular formula is C16H23BrO2. The van der Waals surface area contributed by atoms with E-state index in [0.717, 1.165) is 11.3 Å². The molecule has 0 bridgehead atoms. The van der Waals surface area contributed by atoms with Gasteiger partial charge in [0.15, 0.2) is 5.78 Å². The SMILES string of the molecule is CC(C)Oc1cccc(CC(Br)C(=O)C(C)(C)C)c1. The summed E-state index contributed by atoms with van der Waals surface area (Å²) in [6.45, 7) is 9.85. The molecule has 1 unspecified atom stereocenters. The van der Waals surface area contributed by atoms with E-state index in [0.29, 0.717) is 6.42 Å². The summed E-state index contributed by atoms with van der Waals surface area (Å²) in [7, 11) is 0. The maximum Gasteiger partial charge on any atom is 0.152 e. The highest BCUT2D eigenvalue weighted by Crippen LogP contribution is 2.24. The van der Waals surface area contributed by atoms with E-state index in [1.807, 2.05) is 58.9 Å². The molecule has 3 heteroatoms. The zero-order chi connectivity index (χ0) is 14.6. The van der Waals surface area contributed by atoms with Crippen LogP contribution in [0, 0.1) is 5.41 Å². The van der Waals surface area contributed by atoms with E-state index in [2.05, 4.69) is 15.9 Å². The van der Waals surface area contributed by atoms with E-state index in [1.165, 1.54) is 0 Å². The Morgan fingerprint density at radius 2 is 1.95 bits per heavy atom. The Bertz CT molecular complexity index is 433. The van der Waals surface area contributed by atoms with Crippen molar-refractivity contribution < 1.29 is 9.53 Å². The minimum absolute atomic E-state index is 0.151. The van der Waals surface area contributed by atoms with Gasteiger partial charge in [-0.25, -0.2) is 0 Å². The van der Waals surface area contributed by atoms with E-state index in [4.69, 9.17) is 4.74 Å². The summed E-state index contributed by atoms with van der Waals surface area (Å²) in [6.07, 6.45) is 0.844. The number of benzene rings is 1. The van der Waals surface area contributed by atoms with Crippen molar-refractivity contribution in [1.82, 2.24) is 0 Å². The molecular weight excluding hydrogens is 304 g/mol. The predicted molar refractivity (Wildman–Crippen MR) is 83.1 cm³/mol. The monoisotopic (exact) mass is 326 g/mol. The number of halogens is 1. The number of hydrogen-bond donors (Lipinski definition) is 0. The molecule has 0 fully saturated rings. The molecule has 0 N–H and O–H groups in total. The average molecular weight is 327 g/mol. The molecule has 0 aromatic heterocycles. The van der Waals surface area contributed by atoms with Gasteiger partial charge in [-0.2, -0.15) is 0 Å². The van der Waals surface area contributed by atoms with Gasteiger partial charge in [0.1, 0.15) is 5.75 Å². The van der Waals surface area contributed by atoms with Crippen LogP contribution < -0.4 is 4.74 Å². The minimum atomic E-state index is -0.319. The molecule has 1 aromatic carbocycles. The largest absolute Gasteiger partial charge is 0.491 e. The van der Waals surface area contributed by atoms with Gasteiger partial charge < -0.3 is 4.74 Å². The zero-order valence-electron chi connectivity index (χ0n) is 12.4. The molecule has 0 amide bonds. The van der Waals surface area contributed by atoms with Gasteiger partial charge in [-0.1, -0.05) is 48.8 Å². The van der Waals surface area contributed by atoms with Crippen LogP contribution in [0.25, 0.3) is 0 Å². The van der Waals surface area contributed by atoms with Crippen LogP contribution in [-0.4, -0.2) is 16.7 Å². The Labute approximate surface area is 124 Å². The highest BCUT2D eigenvalue weighted by atomic mass is 79.9. The fraction of sp³-hybridized carbons (Fsp3) is 0.562. The first-order chi connectivity index (χ1) is 8.70. The van der Waals surface area contributed by atoms with Crippen molar-refractivity contribution in [3.8, 4) is 5.75 Å². The number of ketones is 1. The normalized spacial score (nSPS) is 13.4. The second-order valence-corrected chi connectivity index (χ2v) is 7.21. The fourth-order valence-electron chi connectivity index (χ4n) is 1.79. The molecule has 0 heterocycles. The Morgan fingerprint density at radius 3 is 2.47 bits per heavy atom. The lowest BCUT2D eigenvalue weighted by Crippen LogP contribution is -2.30. The van der Waals surface area contributed by atoms with Gasteiger partial charge in [0.05, 0.1) is 10.9 Å². The molecule has 0 aliphatic heterocycles. The molecule has 0 saturated heterocycles. The van der Waals surface area contributed by atoms with Crippen LogP contribution in [-0.2, 0) is 11.2 Å². The maximum atomic E-state index is 12.2. The van der Waals surface area contributed by atoms with E-state index in [1.54, 1.807) is 0 Å². The summed E-state index contributed by atoms with van der Waals surface area (Å²) in [4.78, 5) is 12.0. The molecule has 0 saturated carbocycles. The van der Waals surface area contributed by atoms with Gasteiger partial charge in [-0.15, -0.1) is 0 Å². The molecule has 2 nitrogen and oxygen atoms in total. The van der Waals surface area contributed by atoms with Crippen LogP contribution in [0.2, 0.25) is 0 Å². The molecule has 106 valence electrons. The number of rotatable bonds is 5. The molecule has 1 aromatic rings. The number of carbonyl (C=O) groups is 1. The second kappa shape index (κ2) is 6.56. The van der Waals surface area contributed by atoms with Gasteiger partial charge in [-0.05, 0) is 38.0 Å². The van der Waals surface area contributed by atoms with Crippen molar-refractivity contribution >= 4 is 21.7 Å². The summed E-state index contributed by atoms with van der Waals surface area (Å²) in [5, 5.41) is 0. The van der Waals surface area contributed by atoms with Crippen LogP contribution in [0.3, 0.4) is 0 Å². The van der Waals surface area contributed by atoms with Crippen LogP contribution in [0.1, 0.15) is 40.2 Å². The lowest BCUT2D eigenvalue weighted by molar-refractivity contribution is -0.125. The average Bonchev–Trinajstić information content (AvgIpc) is 2.26. The number of carbonyl (C=O) groups excluding carboxylic acids is 1. The van der Waals surface area contributed by atoms with Crippen molar-refractivity contribution in [1.29, 1.82) is 0 Å². The number of Topliss-reactive ketones (excluding diaryl/α,β-unsaturated/α-hetero) is 1. The van der Waals surface area contributed by atoms with Crippen LogP contribution in [0.5, 0.6) is 5.75 Å². The first kappa shape index (κ1) is 16.2. The summed E-state index contributed by atoms with van der Waals surface area (Å²) >= 11 is 3.50. The summed E-state index contributed by atoms with van der Waals surface area (Å²) < 4.78 is 5.66. The Balaban J connectivity index is 2.74. The third-order valence-electron chi connectivity index (χ3n) is 2.71. The smallest absolute Gasteiger partial charge is 0.152 e. The Hall–Kier alpha value is -0.830. The third-order valence-corrected chi connectivity index (χ3v) is 3.45. The fourth-order valence-corrected chi connectivity index (χ4v) is 2.85. The number of ether oxygens (including phenoxy) is 1. The third kappa shape index (κ3) is 5.35. The van der Waals surface area contributed by atoms with Gasteiger partial charge in [-0.3, -0.25) is 4.79 Å². The maximum absolute atomic E-state index is 12.2. The Kier molecular flexibility index (Phi) is 5.60. The van der Waals surface area contributed by atoms with Gasteiger partial charge in [0.2, 0.25) is 0 Å². The zero-order valence-corrected chi connectivity index (χ0v) is 14.0. The van der Waals surface area contributed by atoms with Gasteiger partial charge in [0.25, 0.3) is 0 Å². The van der Waals surface area contributed by atoms with E-state index < -0.39 is 0 Å². The lowest BCUT2D eigenvalue weighted by Gasteiger charge is -2.21. The summed E-state index contributed by atoms with van der Waals surface area (Å²) in [5.74, 6) is 1.08. The first-order valence-corrected chi connectivity index (χ1v) is 7.55. The van der Waals surface area contributed by atoms with E-state index >= 15 is 0 Å². The number of hydrogen-bond acceptors (Lipinski definition) is 2. The molecule has 0 aliphatic rings. The van der Waals surface area contributed by atoms with E-state index in [-0.39, 0.29) is 22.1 Å². The lowest BCUT2D eigenvalue weighted by atomic mass is 9.87.